The topological polar surface area (TPSA) is 25.2 Å². The molecule has 0 radical (unpaired) electrons. The van der Waals surface area contributed by atoms with Gasteiger partial charge in [-0.05, 0) is 6.07 Å². The number of rotatable bonds is 0. The Labute approximate surface area is 73.0 Å². The number of phenolic OH excluding ortho intramolecular Hbond substituents is 1. The Morgan fingerprint density at radius 3 is 2.77 bits per heavy atom. The Kier molecular flexibility index (Phi) is 1.52. The van der Waals surface area contributed by atoms with Crippen molar-refractivity contribution in [3.05, 3.63) is 30.0 Å². The lowest BCUT2D eigenvalue weighted by Gasteiger charge is -2.00. The Balaban J connectivity index is 2.96. The van der Waals surface area contributed by atoms with Gasteiger partial charge in [-0.1, -0.05) is 0 Å². The van der Waals surface area contributed by atoms with Crippen molar-refractivity contribution in [2.24, 2.45) is 7.05 Å². The fourth-order valence-corrected chi connectivity index (χ4v) is 1.33. The Hall–Kier alpha value is -1.58. The van der Waals surface area contributed by atoms with Crippen molar-refractivity contribution in [1.82, 2.24) is 4.57 Å². The van der Waals surface area contributed by atoms with Gasteiger partial charge in [-0.25, -0.2) is 8.78 Å². The number of hydrogen-bond acceptors (Lipinski definition) is 1. The highest BCUT2D eigenvalue weighted by Gasteiger charge is 2.13. The second-order valence-electron chi connectivity index (χ2n) is 2.88. The van der Waals surface area contributed by atoms with Gasteiger partial charge in [-0.15, -0.1) is 0 Å². The van der Waals surface area contributed by atoms with Crippen LogP contribution in [0.5, 0.6) is 5.75 Å². The average Bonchev–Trinajstić information content (AvgIpc) is 2.45. The number of aromatic hydroxyl groups is 1. The van der Waals surface area contributed by atoms with Crippen molar-refractivity contribution in [2.45, 2.75) is 0 Å². The summed E-state index contributed by atoms with van der Waals surface area (Å²) in [6.45, 7) is 0. The quantitative estimate of drug-likeness (QED) is 0.665. The number of benzene rings is 1. The molecule has 68 valence electrons. The van der Waals surface area contributed by atoms with E-state index in [0.29, 0.717) is 5.52 Å². The number of phenols is 1. The molecule has 0 unspecified atom stereocenters. The van der Waals surface area contributed by atoms with Crippen LogP contribution in [0.15, 0.2) is 18.3 Å². The van der Waals surface area contributed by atoms with Gasteiger partial charge < -0.3 is 9.67 Å². The molecule has 0 aliphatic carbocycles. The highest BCUT2D eigenvalue weighted by Crippen LogP contribution is 2.28. The van der Waals surface area contributed by atoms with Crippen LogP contribution in [0.2, 0.25) is 0 Å². The molecule has 13 heavy (non-hydrogen) atoms. The van der Waals surface area contributed by atoms with Gasteiger partial charge in [0.15, 0.2) is 17.4 Å². The Morgan fingerprint density at radius 1 is 1.38 bits per heavy atom. The molecule has 0 amide bonds. The monoisotopic (exact) mass is 183 g/mol. The molecule has 0 saturated heterocycles. The van der Waals surface area contributed by atoms with Crippen LogP contribution in [0.3, 0.4) is 0 Å². The average molecular weight is 183 g/mol. The van der Waals surface area contributed by atoms with Crippen LogP contribution < -0.4 is 0 Å². The lowest BCUT2D eigenvalue weighted by atomic mass is 10.2. The van der Waals surface area contributed by atoms with E-state index in [-0.39, 0.29) is 5.39 Å². The van der Waals surface area contributed by atoms with Crippen LogP contribution >= 0.6 is 0 Å². The largest absolute Gasteiger partial charge is 0.503 e. The van der Waals surface area contributed by atoms with E-state index in [1.54, 1.807) is 17.8 Å². The van der Waals surface area contributed by atoms with Gasteiger partial charge in [-0.3, -0.25) is 0 Å². The number of aryl methyl sites for hydroxylation is 1. The molecule has 0 aliphatic heterocycles. The molecule has 4 heteroatoms. The summed E-state index contributed by atoms with van der Waals surface area (Å²) in [5, 5.41) is 9.18. The van der Waals surface area contributed by atoms with Crippen LogP contribution in [-0.4, -0.2) is 9.67 Å². The molecule has 2 aromatic rings. The third-order valence-electron chi connectivity index (χ3n) is 2.05. The SMILES string of the molecule is Cn1ccc2c(F)c(O)c(F)cc21. The Bertz CT molecular complexity index is 476. The maximum atomic E-state index is 13.2. The molecule has 1 heterocycles. The van der Waals surface area contributed by atoms with Crippen LogP contribution in [0, 0.1) is 11.6 Å². The molecule has 2 nitrogen and oxygen atoms in total. The highest BCUT2D eigenvalue weighted by molar-refractivity contribution is 5.82. The molecule has 0 saturated carbocycles. The van der Waals surface area contributed by atoms with E-state index in [2.05, 4.69) is 0 Å². The zero-order chi connectivity index (χ0) is 9.59. The van der Waals surface area contributed by atoms with Crippen LogP contribution in [0.4, 0.5) is 8.78 Å². The molecule has 0 atom stereocenters. The zero-order valence-electron chi connectivity index (χ0n) is 6.88. The van der Waals surface area contributed by atoms with Crippen molar-refractivity contribution < 1.29 is 13.9 Å². The van der Waals surface area contributed by atoms with Gasteiger partial charge in [0.2, 0.25) is 0 Å². The molecule has 1 aromatic carbocycles. The molecule has 0 fully saturated rings. The standard InChI is InChI=1S/C9H7F2NO/c1-12-3-2-5-7(12)4-6(10)9(13)8(5)11/h2-4,13H,1H3. The summed E-state index contributed by atoms with van der Waals surface area (Å²) < 4.78 is 27.6. The van der Waals surface area contributed by atoms with Gasteiger partial charge in [0.05, 0.1) is 5.52 Å². The Morgan fingerprint density at radius 2 is 2.08 bits per heavy atom. The van der Waals surface area contributed by atoms with E-state index < -0.39 is 17.4 Å². The van der Waals surface area contributed by atoms with Crippen molar-refractivity contribution in [2.75, 3.05) is 0 Å². The summed E-state index contributed by atoms with van der Waals surface area (Å²) in [4.78, 5) is 0. The summed E-state index contributed by atoms with van der Waals surface area (Å²) >= 11 is 0. The summed E-state index contributed by atoms with van der Waals surface area (Å²) in [5.74, 6) is -2.76. The first kappa shape index (κ1) is 8.04. The molecule has 1 N–H and O–H groups in total. The van der Waals surface area contributed by atoms with Crippen LogP contribution in [-0.2, 0) is 7.05 Å². The number of nitrogens with zero attached hydrogens (tertiary/aromatic N) is 1. The fraction of sp³-hybridized carbons (Fsp3) is 0.111. The molecule has 0 spiro atoms. The number of halogens is 2. The van der Waals surface area contributed by atoms with Crippen molar-refractivity contribution >= 4 is 10.9 Å². The maximum Gasteiger partial charge on any atom is 0.188 e. The molecular weight excluding hydrogens is 176 g/mol. The maximum absolute atomic E-state index is 13.2. The lowest BCUT2D eigenvalue weighted by molar-refractivity contribution is 0.400. The second-order valence-corrected chi connectivity index (χ2v) is 2.88. The first-order valence-electron chi connectivity index (χ1n) is 3.73. The fourth-order valence-electron chi connectivity index (χ4n) is 1.33. The minimum absolute atomic E-state index is 0.224. The third-order valence-corrected chi connectivity index (χ3v) is 2.05. The zero-order valence-corrected chi connectivity index (χ0v) is 6.88. The van der Waals surface area contributed by atoms with E-state index in [1.165, 1.54) is 6.07 Å². The summed E-state index contributed by atoms with van der Waals surface area (Å²) in [6, 6.07) is 2.59. The van der Waals surface area contributed by atoms with Crippen LogP contribution in [0.25, 0.3) is 10.9 Å². The van der Waals surface area contributed by atoms with Gasteiger partial charge in [0.25, 0.3) is 0 Å². The predicted molar refractivity (Wildman–Crippen MR) is 44.5 cm³/mol. The summed E-state index contributed by atoms with van der Waals surface area (Å²) in [6.07, 6.45) is 1.60. The summed E-state index contributed by atoms with van der Waals surface area (Å²) in [5.41, 5.74) is 0.424. The number of hydrogen-bond donors (Lipinski definition) is 1. The van der Waals surface area contributed by atoms with E-state index in [1.807, 2.05) is 0 Å². The molecule has 0 aliphatic rings. The van der Waals surface area contributed by atoms with Crippen molar-refractivity contribution in [3.8, 4) is 5.75 Å². The normalized spacial score (nSPS) is 11.0. The van der Waals surface area contributed by atoms with E-state index in [4.69, 9.17) is 5.11 Å². The number of fused-ring (bicyclic) bond motifs is 1. The van der Waals surface area contributed by atoms with E-state index >= 15 is 0 Å². The van der Waals surface area contributed by atoms with Crippen molar-refractivity contribution in [1.29, 1.82) is 0 Å². The first-order valence-corrected chi connectivity index (χ1v) is 3.73. The molecular formula is C9H7F2NO. The van der Waals surface area contributed by atoms with E-state index in [0.717, 1.165) is 6.07 Å². The second kappa shape index (κ2) is 2.45. The minimum Gasteiger partial charge on any atom is -0.503 e. The number of aromatic nitrogens is 1. The summed E-state index contributed by atoms with van der Waals surface area (Å²) in [7, 11) is 1.68. The van der Waals surface area contributed by atoms with E-state index in [9.17, 15) is 8.78 Å². The van der Waals surface area contributed by atoms with Gasteiger partial charge in [0, 0.05) is 24.7 Å². The smallest absolute Gasteiger partial charge is 0.188 e. The van der Waals surface area contributed by atoms with Gasteiger partial charge in [-0.2, -0.15) is 0 Å². The predicted octanol–water partition coefficient (Wildman–Crippen LogP) is 2.16. The van der Waals surface area contributed by atoms with Gasteiger partial charge >= 0.3 is 0 Å². The molecule has 0 bridgehead atoms. The molecule has 2 rings (SSSR count). The van der Waals surface area contributed by atoms with Gasteiger partial charge in [0.1, 0.15) is 0 Å². The first-order chi connectivity index (χ1) is 6.11. The third kappa shape index (κ3) is 0.983. The minimum atomic E-state index is -0.938. The lowest BCUT2D eigenvalue weighted by Crippen LogP contribution is -1.88. The highest BCUT2D eigenvalue weighted by atomic mass is 19.1. The van der Waals surface area contributed by atoms with Crippen LogP contribution in [0.1, 0.15) is 0 Å². The van der Waals surface area contributed by atoms with Crippen molar-refractivity contribution in [3.63, 3.8) is 0 Å². The molecule has 1 aromatic heterocycles.